The highest BCUT2D eigenvalue weighted by molar-refractivity contribution is 5.89. The number of aromatic nitrogens is 5. The van der Waals surface area contributed by atoms with Gasteiger partial charge in [0.05, 0.1) is 35.7 Å². The number of nitrogens with zero attached hydrogens (tertiary/aromatic N) is 7. The summed E-state index contributed by atoms with van der Waals surface area (Å²) in [6, 6.07) is 10.2. The van der Waals surface area contributed by atoms with E-state index in [0.717, 1.165) is 11.3 Å². The van der Waals surface area contributed by atoms with E-state index in [1.807, 2.05) is 19.3 Å². The fraction of sp³-hybridized carbons (Fsp3) is 0.154. The first kappa shape index (κ1) is 23.5. The third-order valence-corrected chi connectivity index (χ3v) is 5.46. The zero-order valence-electron chi connectivity index (χ0n) is 19.8. The van der Waals surface area contributed by atoms with Gasteiger partial charge in [0.1, 0.15) is 6.07 Å². The summed E-state index contributed by atoms with van der Waals surface area (Å²) in [5.74, 6) is 6.54. The molecule has 11 nitrogen and oxygen atoms in total. The SMILES string of the molecule is Cn1cc(Nc2ncc(C#Cc3cccc(NC(=O)N4OCC[C@H]4c4cncc(C#N)c4)c3)cn2)cn1. The molecule has 0 bridgehead atoms. The average Bonchev–Trinajstić information content (AvgIpc) is 3.58. The van der Waals surface area contributed by atoms with Crippen molar-refractivity contribution < 1.29 is 9.63 Å². The molecule has 37 heavy (non-hydrogen) atoms. The second-order valence-corrected chi connectivity index (χ2v) is 8.17. The van der Waals surface area contributed by atoms with E-state index in [1.165, 1.54) is 11.3 Å². The number of hydroxylamine groups is 2. The minimum absolute atomic E-state index is 0.334. The third-order valence-electron chi connectivity index (χ3n) is 5.46. The van der Waals surface area contributed by atoms with Gasteiger partial charge in [0.15, 0.2) is 0 Å². The first-order valence-corrected chi connectivity index (χ1v) is 11.4. The van der Waals surface area contributed by atoms with Crippen LogP contribution in [0.25, 0.3) is 0 Å². The molecule has 4 aromatic rings. The number of anilines is 3. The number of amides is 2. The molecule has 3 aromatic heterocycles. The van der Waals surface area contributed by atoms with Crippen molar-refractivity contribution in [1.29, 1.82) is 5.26 Å². The maximum atomic E-state index is 12.9. The van der Waals surface area contributed by atoms with Gasteiger partial charge in [-0.05, 0) is 29.8 Å². The number of carbonyl (C=O) groups is 1. The highest BCUT2D eigenvalue weighted by Crippen LogP contribution is 2.31. The van der Waals surface area contributed by atoms with Crippen molar-refractivity contribution in [1.82, 2.24) is 29.8 Å². The first-order valence-electron chi connectivity index (χ1n) is 11.4. The number of aryl methyl sites for hydroxylation is 1. The summed E-state index contributed by atoms with van der Waals surface area (Å²) in [5.41, 5.74) is 3.89. The zero-order chi connectivity index (χ0) is 25.6. The molecule has 0 spiro atoms. The molecule has 0 saturated carbocycles. The van der Waals surface area contributed by atoms with E-state index in [-0.39, 0.29) is 6.04 Å². The highest BCUT2D eigenvalue weighted by atomic mass is 16.7. The molecule has 4 heterocycles. The van der Waals surface area contributed by atoms with Crippen LogP contribution in [0.1, 0.15) is 34.7 Å². The molecule has 2 N–H and O–H groups in total. The van der Waals surface area contributed by atoms with E-state index in [0.29, 0.717) is 41.4 Å². The summed E-state index contributed by atoms with van der Waals surface area (Å²) in [6.07, 6.45) is 10.5. The molecule has 0 unspecified atom stereocenters. The third kappa shape index (κ3) is 5.70. The van der Waals surface area contributed by atoms with Crippen LogP contribution >= 0.6 is 0 Å². The van der Waals surface area contributed by atoms with E-state index in [4.69, 9.17) is 10.1 Å². The number of nitriles is 1. The molecule has 0 aliphatic carbocycles. The summed E-state index contributed by atoms with van der Waals surface area (Å²) < 4.78 is 1.68. The van der Waals surface area contributed by atoms with Crippen LogP contribution in [0.3, 0.4) is 0 Å². The number of pyridine rings is 1. The summed E-state index contributed by atoms with van der Waals surface area (Å²) in [5, 5.41) is 20.4. The molecule has 1 aliphatic rings. The number of hydrogen-bond donors (Lipinski definition) is 2. The Morgan fingerprint density at radius 1 is 1.05 bits per heavy atom. The van der Waals surface area contributed by atoms with Crippen LogP contribution in [-0.2, 0) is 11.9 Å². The predicted octanol–water partition coefficient (Wildman–Crippen LogP) is 3.53. The van der Waals surface area contributed by atoms with Crippen LogP contribution in [-0.4, -0.2) is 42.4 Å². The topological polar surface area (TPSA) is 134 Å². The molecule has 1 aliphatic heterocycles. The molecular weight excluding hydrogens is 470 g/mol. The standard InChI is InChI=1S/C26H21N9O2/c1-34-17-23(16-31-34)32-25-29-13-19(14-30-25)6-5-18-3-2-4-22(10-18)33-26(36)35-24(7-8-37-35)21-9-20(11-27)12-28-15-21/h2-4,9-10,12-17,24H,7-8H2,1H3,(H,33,36)(H,29,30,32)/t24-/m0/s1. The molecule has 2 amide bonds. The van der Waals surface area contributed by atoms with Crippen LogP contribution in [0.2, 0.25) is 0 Å². The quantitative estimate of drug-likeness (QED) is 0.414. The summed E-state index contributed by atoms with van der Waals surface area (Å²) in [4.78, 5) is 31.2. The molecule has 182 valence electrons. The number of hydrogen-bond acceptors (Lipinski definition) is 8. The molecule has 1 atom stereocenters. The lowest BCUT2D eigenvalue weighted by atomic mass is 10.1. The van der Waals surface area contributed by atoms with Crippen molar-refractivity contribution in [2.45, 2.75) is 12.5 Å². The first-order chi connectivity index (χ1) is 18.1. The molecule has 0 radical (unpaired) electrons. The Labute approximate surface area is 212 Å². The summed E-state index contributed by atoms with van der Waals surface area (Å²) >= 11 is 0. The lowest BCUT2D eigenvalue weighted by molar-refractivity contribution is -0.0830. The molecular formula is C26H21N9O2. The van der Waals surface area contributed by atoms with Gasteiger partial charge in [-0.15, -0.1) is 0 Å². The van der Waals surface area contributed by atoms with E-state index in [2.05, 4.69) is 48.6 Å². The minimum Gasteiger partial charge on any atom is -0.321 e. The van der Waals surface area contributed by atoms with Gasteiger partial charge in [0, 0.05) is 55.7 Å². The number of carbonyl (C=O) groups excluding carboxylic acids is 1. The van der Waals surface area contributed by atoms with Crippen molar-refractivity contribution in [3.8, 4) is 17.9 Å². The second-order valence-electron chi connectivity index (χ2n) is 8.17. The Hall–Kier alpha value is -5.26. The summed E-state index contributed by atoms with van der Waals surface area (Å²) in [7, 11) is 1.83. The van der Waals surface area contributed by atoms with Gasteiger partial charge in [-0.1, -0.05) is 17.9 Å². The minimum atomic E-state index is -0.417. The van der Waals surface area contributed by atoms with E-state index in [9.17, 15) is 4.79 Å². The largest absolute Gasteiger partial charge is 0.346 e. The van der Waals surface area contributed by atoms with E-state index < -0.39 is 6.03 Å². The Kier molecular flexibility index (Phi) is 6.70. The number of benzene rings is 1. The van der Waals surface area contributed by atoms with Gasteiger partial charge in [-0.3, -0.25) is 14.5 Å². The average molecular weight is 492 g/mol. The lowest BCUT2D eigenvalue weighted by Crippen LogP contribution is -2.33. The van der Waals surface area contributed by atoms with Crippen LogP contribution in [0.5, 0.6) is 0 Å². The van der Waals surface area contributed by atoms with Gasteiger partial charge in [-0.2, -0.15) is 15.4 Å². The van der Waals surface area contributed by atoms with E-state index in [1.54, 1.807) is 53.7 Å². The molecule has 5 rings (SSSR count). The van der Waals surface area contributed by atoms with Crippen molar-refractivity contribution >= 4 is 23.4 Å². The van der Waals surface area contributed by atoms with Crippen molar-refractivity contribution in [3.63, 3.8) is 0 Å². The van der Waals surface area contributed by atoms with E-state index >= 15 is 0 Å². The highest BCUT2D eigenvalue weighted by Gasteiger charge is 2.32. The predicted molar refractivity (Wildman–Crippen MR) is 134 cm³/mol. The Morgan fingerprint density at radius 2 is 1.89 bits per heavy atom. The van der Waals surface area contributed by atoms with Crippen LogP contribution in [0.15, 0.2) is 67.5 Å². The van der Waals surface area contributed by atoms with Crippen molar-refractivity contribution in [2.24, 2.45) is 7.05 Å². The fourth-order valence-electron chi connectivity index (χ4n) is 3.74. The van der Waals surface area contributed by atoms with Crippen LogP contribution in [0, 0.1) is 23.2 Å². The molecule has 1 aromatic carbocycles. The fourth-order valence-corrected chi connectivity index (χ4v) is 3.74. The van der Waals surface area contributed by atoms with Crippen LogP contribution < -0.4 is 10.6 Å². The number of urea groups is 1. The maximum absolute atomic E-state index is 12.9. The van der Waals surface area contributed by atoms with Gasteiger partial charge in [0.25, 0.3) is 0 Å². The summed E-state index contributed by atoms with van der Waals surface area (Å²) in [6.45, 7) is 0.388. The van der Waals surface area contributed by atoms with Crippen molar-refractivity contribution in [2.75, 3.05) is 17.2 Å². The smallest absolute Gasteiger partial charge is 0.321 e. The number of nitrogens with one attached hydrogen (secondary N) is 2. The zero-order valence-corrected chi connectivity index (χ0v) is 19.8. The molecule has 1 saturated heterocycles. The monoisotopic (exact) mass is 491 g/mol. The van der Waals surface area contributed by atoms with Gasteiger partial charge >= 0.3 is 6.03 Å². The Bertz CT molecular complexity index is 1530. The Balaban J connectivity index is 1.24. The van der Waals surface area contributed by atoms with Crippen molar-refractivity contribution in [3.05, 3.63) is 89.8 Å². The molecule has 11 heteroatoms. The number of rotatable bonds is 4. The van der Waals surface area contributed by atoms with Gasteiger partial charge < -0.3 is 10.6 Å². The van der Waals surface area contributed by atoms with Gasteiger partial charge in [0.2, 0.25) is 5.95 Å². The lowest BCUT2D eigenvalue weighted by Gasteiger charge is -2.23. The normalized spacial score (nSPS) is 14.4. The maximum Gasteiger partial charge on any atom is 0.346 e. The Morgan fingerprint density at radius 3 is 2.68 bits per heavy atom. The van der Waals surface area contributed by atoms with Crippen LogP contribution in [0.4, 0.5) is 22.1 Å². The second kappa shape index (κ2) is 10.6. The van der Waals surface area contributed by atoms with Gasteiger partial charge in [-0.25, -0.2) is 14.8 Å². The molecule has 1 fully saturated rings.